The van der Waals surface area contributed by atoms with Crippen molar-refractivity contribution in [3.63, 3.8) is 0 Å². The number of carbonyl (C=O) groups excluding carboxylic acids is 1. The van der Waals surface area contributed by atoms with Gasteiger partial charge >= 0.3 is 0 Å². The molecular formula is C18H20Cl2N2O4S. The first-order valence-electron chi connectivity index (χ1n) is 8.39. The van der Waals surface area contributed by atoms with Crippen molar-refractivity contribution in [2.24, 2.45) is 11.7 Å². The predicted molar refractivity (Wildman–Crippen MR) is 106 cm³/mol. The Morgan fingerprint density at radius 1 is 1.30 bits per heavy atom. The molecule has 2 aliphatic rings. The number of sulfone groups is 1. The van der Waals surface area contributed by atoms with Gasteiger partial charge in [-0.1, -0.05) is 23.7 Å². The van der Waals surface area contributed by atoms with Crippen LogP contribution in [0.4, 0.5) is 0 Å². The van der Waals surface area contributed by atoms with Gasteiger partial charge in [-0.05, 0) is 25.1 Å². The summed E-state index contributed by atoms with van der Waals surface area (Å²) in [7, 11) is -3.23. The van der Waals surface area contributed by atoms with Crippen LogP contribution < -0.4 is 5.73 Å². The highest BCUT2D eigenvalue weighted by Crippen LogP contribution is 2.35. The Labute approximate surface area is 169 Å². The molecule has 2 saturated heterocycles. The highest BCUT2D eigenvalue weighted by atomic mass is 35.5. The van der Waals surface area contributed by atoms with Crippen LogP contribution in [-0.2, 0) is 9.84 Å². The molecule has 6 nitrogen and oxygen atoms in total. The number of halogens is 2. The van der Waals surface area contributed by atoms with Crippen molar-refractivity contribution >= 4 is 39.8 Å². The number of hydrogen-bond acceptors (Lipinski definition) is 5. The summed E-state index contributed by atoms with van der Waals surface area (Å²) in [5.41, 5.74) is 7.10. The minimum absolute atomic E-state index is 0. The van der Waals surface area contributed by atoms with E-state index in [2.05, 4.69) is 0 Å². The Morgan fingerprint density at radius 3 is 2.67 bits per heavy atom. The molecule has 4 rings (SSSR count). The van der Waals surface area contributed by atoms with Crippen molar-refractivity contribution in [3.05, 3.63) is 46.7 Å². The summed E-state index contributed by atoms with van der Waals surface area (Å²) < 4.78 is 30.1. The van der Waals surface area contributed by atoms with E-state index in [1.165, 1.54) is 0 Å². The minimum atomic E-state index is -3.23. The Morgan fingerprint density at radius 2 is 2.00 bits per heavy atom. The molecule has 0 spiro atoms. The number of hydrogen-bond donors (Lipinski definition) is 1. The fraction of sp³-hybridized carbons (Fsp3) is 0.389. The van der Waals surface area contributed by atoms with Gasteiger partial charge < -0.3 is 15.1 Å². The second kappa shape index (κ2) is 7.13. The molecule has 0 radical (unpaired) electrons. The van der Waals surface area contributed by atoms with Crippen LogP contribution in [0.15, 0.2) is 34.7 Å². The summed E-state index contributed by atoms with van der Waals surface area (Å²) in [6, 6.07) is 8.49. The van der Waals surface area contributed by atoms with E-state index in [1.54, 1.807) is 24.0 Å². The van der Waals surface area contributed by atoms with Crippen LogP contribution in [0.2, 0.25) is 5.02 Å². The van der Waals surface area contributed by atoms with Gasteiger partial charge in [-0.25, -0.2) is 8.42 Å². The molecule has 1 aromatic heterocycles. The smallest absolute Gasteiger partial charge is 0.257 e. The minimum Gasteiger partial charge on any atom is -0.460 e. The normalized spacial score (nSPS) is 25.9. The zero-order valence-electron chi connectivity index (χ0n) is 14.6. The van der Waals surface area contributed by atoms with Gasteiger partial charge in [0.25, 0.3) is 5.91 Å². The van der Waals surface area contributed by atoms with Crippen LogP contribution in [0, 0.1) is 12.8 Å². The maximum Gasteiger partial charge on any atom is 0.257 e. The van der Waals surface area contributed by atoms with Gasteiger partial charge in [0.15, 0.2) is 9.84 Å². The summed E-state index contributed by atoms with van der Waals surface area (Å²) in [6.45, 7) is 2.26. The quantitative estimate of drug-likeness (QED) is 0.789. The summed E-state index contributed by atoms with van der Waals surface area (Å²) in [6.07, 6.45) is 0. The van der Waals surface area contributed by atoms with E-state index in [-0.39, 0.29) is 36.5 Å². The first kappa shape index (κ1) is 20.2. The lowest BCUT2D eigenvalue weighted by molar-refractivity contribution is 0.0784. The molecule has 0 unspecified atom stereocenters. The number of aryl methyl sites for hydroxylation is 1. The molecule has 0 saturated carbocycles. The van der Waals surface area contributed by atoms with Crippen molar-refractivity contribution in [3.8, 4) is 11.3 Å². The zero-order chi connectivity index (χ0) is 18.6. The first-order chi connectivity index (χ1) is 12.3. The maximum atomic E-state index is 12.9. The summed E-state index contributed by atoms with van der Waals surface area (Å²) in [5.74, 6) is 0.570. The van der Waals surface area contributed by atoms with Crippen molar-refractivity contribution in [1.29, 1.82) is 0 Å². The molecule has 2 N–H and O–H groups in total. The number of nitrogens with zero attached hydrogens (tertiary/aromatic N) is 1. The van der Waals surface area contributed by atoms with Crippen molar-refractivity contribution in [1.82, 2.24) is 4.90 Å². The lowest BCUT2D eigenvalue weighted by atomic mass is 10.0. The predicted octanol–water partition coefficient (Wildman–Crippen LogP) is 2.53. The maximum absolute atomic E-state index is 12.9. The van der Waals surface area contributed by atoms with Crippen LogP contribution in [-0.4, -0.2) is 49.4 Å². The van der Waals surface area contributed by atoms with Gasteiger partial charge in [-0.2, -0.15) is 0 Å². The fourth-order valence-corrected chi connectivity index (χ4v) is 6.42. The molecule has 0 bridgehead atoms. The highest BCUT2D eigenvalue weighted by Gasteiger charge is 2.51. The number of likely N-dealkylation sites (tertiary alicyclic amines) is 1. The van der Waals surface area contributed by atoms with Gasteiger partial charge in [-0.3, -0.25) is 4.79 Å². The second-order valence-corrected chi connectivity index (χ2v) is 9.64. The molecule has 2 aliphatic heterocycles. The Kier molecular flexibility index (Phi) is 5.33. The molecule has 1 aromatic carbocycles. The number of amides is 1. The van der Waals surface area contributed by atoms with Crippen LogP contribution in [0.5, 0.6) is 0 Å². The third kappa shape index (κ3) is 3.38. The average molecular weight is 431 g/mol. The fourth-order valence-electron chi connectivity index (χ4n) is 3.93. The molecular weight excluding hydrogens is 411 g/mol. The van der Waals surface area contributed by atoms with E-state index in [4.69, 9.17) is 21.8 Å². The Balaban J connectivity index is 0.00000210. The Hall–Kier alpha value is -1.54. The number of benzene rings is 1. The van der Waals surface area contributed by atoms with Crippen LogP contribution in [0.25, 0.3) is 11.3 Å². The van der Waals surface area contributed by atoms with Gasteiger partial charge in [0.05, 0.1) is 21.6 Å². The molecule has 1 amide bonds. The number of nitrogens with two attached hydrogens (primary N) is 1. The van der Waals surface area contributed by atoms with Crippen molar-refractivity contribution in [2.45, 2.75) is 18.2 Å². The van der Waals surface area contributed by atoms with Gasteiger partial charge in [0.2, 0.25) is 0 Å². The van der Waals surface area contributed by atoms with Crippen LogP contribution in [0.3, 0.4) is 0 Å². The van der Waals surface area contributed by atoms with Crippen LogP contribution in [0.1, 0.15) is 16.1 Å². The number of carbonyl (C=O) groups is 1. The van der Waals surface area contributed by atoms with E-state index >= 15 is 0 Å². The van der Waals surface area contributed by atoms with E-state index in [9.17, 15) is 13.2 Å². The van der Waals surface area contributed by atoms with Crippen molar-refractivity contribution in [2.75, 3.05) is 18.8 Å². The molecule has 3 heterocycles. The summed E-state index contributed by atoms with van der Waals surface area (Å²) in [5, 5.41) is -0.0234. The molecule has 2 aromatic rings. The number of furan rings is 1. The van der Waals surface area contributed by atoms with Crippen LogP contribution >= 0.6 is 24.0 Å². The number of rotatable bonds is 2. The molecule has 9 heteroatoms. The Bertz CT molecular complexity index is 989. The number of fused-ring (bicyclic) bond motifs is 1. The third-order valence-corrected chi connectivity index (χ3v) is 7.92. The monoisotopic (exact) mass is 430 g/mol. The van der Waals surface area contributed by atoms with E-state index in [1.807, 2.05) is 18.2 Å². The lowest BCUT2D eigenvalue weighted by Gasteiger charge is -2.18. The molecule has 2 fully saturated rings. The average Bonchev–Trinajstić information content (AvgIpc) is 3.23. The topological polar surface area (TPSA) is 93.6 Å². The SMILES string of the molecule is Cc1oc(-c2ccccc2Cl)cc1C(=O)N1C[C@H]2[C@H](N)CS(=O)(=O)[C@H]2C1.Cl. The van der Waals surface area contributed by atoms with Gasteiger partial charge in [-0.15, -0.1) is 12.4 Å². The zero-order valence-corrected chi connectivity index (χ0v) is 17.0. The largest absolute Gasteiger partial charge is 0.460 e. The third-order valence-electron chi connectivity index (χ3n) is 5.32. The van der Waals surface area contributed by atoms with Gasteiger partial charge in [0, 0.05) is 30.6 Å². The molecule has 146 valence electrons. The molecule has 3 atom stereocenters. The second-order valence-electron chi connectivity index (χ2n) is 6.97. The van der Waals surface area contributed by atoms with E-state index in [0.29, 0.717) is 34.2 Å². The summed E-state index contributed by atoms with van der Waals surface area (Å²) in [4.78, 5) is 14.5. The molecule has 27 heavy (non-hydrogen) atoms. The highest BCUT2D eigenvalue weighted by molar-refractivity contribution is 7.92. The molecule has 0 aliphatic carbocycles. The standard InChI is InChI=1S/C18H19ClN2O4S.ClH/c1-10-12(6-16(25-10)11-4-2-3-5-14(11)19)18(22)21-7-13-15(20)9-26(23,24)17(13)8-21;/h2-6,13,15,17H,7-9,20H2,1H3;1H/t13-,15+,17-;/m0./s1. The summed E-state index contributed by atoms with van der Waals surface area (Å²) >= 11 is 6.20. The van der Waals surface area contributed by atoms with E-state index < -0.39 is 21.1 Å². The van der Waals surface area contributed by atoms with E-state index in [0.717, 1.165) is 0 Å². The van der Waals surface area contributed by atoms with Crippen molar-refractivity contribution < 1.29 is 17.6 Å². The lowest BCUT2D eigenvalue weighted by Crippen LogP contribution is -2.35. The first-order valence-corrected chi connectivity index (χ1v) is 10.5. The van der Waals surface area contributed by atoms with Gasteiger partial charge in [0.1, 0.15) is 11.5 Å².